The number of benzene rings is 3. The molecule has 0 saturated carbocycles. The number of non-ortho nitro benzene ring substituents is 1. The summed E-state index contributed by atoms with van der Waals surface area (Å²) >= 11 is 1.16. The van der Waals surface area contributed by atoms with E-state index < -0.39 is 34.2 Å². The Morgan fingerprint density at radius 2 is 1.84 bits per heavy atom. The topological polar surface area (TPSA) is 123 Å². The van der Waals surface area contributed by atoms with Crippen LogP contribution in [0.25, 0.3) is 16.0 Å². The maximum atomic E-state index is 13.5. The highest BCUT2D eigenvalue weighted by molar-refractivity contribution is 7.22. The summed E-state index contributed by atoms with van der Waals surface area (Å²) in [7, 11) is 0. The third-order valence-electron chi connectivity index (χ3n) is 5.85. The number of nitro benzene ring substituents is 1. The monoisotopic (exact) mass is 519 g/mol. The molecule has 0 bridgehead atoms. The molecule has 1 amide bonds. The lowest BCUT2D eigenvalue weighted by Gasteiger charge is -2.22. The standard InChI is InChI=1S/C26H18FN3O6S/c1-2-36-18-11-12-19-20(13-18)37-26(28-19)29-22(14-5-9-17(10-6-14)30(34)35)21(24(32)25(29)33)23(31)15-3-7-16(27)8-4-15/h3-13,22,31H,2H2,1H3/b23-21+. The smallest absolute Gasteiger partial charge is 0.301 e. The van der Waals surface area contributed by atoms with Crippen LogP contribution in [0.2, 0.25) is 0 Å². The molecule has 186 valence electrons. The molecule has 2 heterocycles. The first-order chi connectivity index (χ1) is 17.8. The maximum absolute atomic E-state index is 13.5. The van der Waals surface area contributed by atoms with Gasteiger partial charge >= 0.3 is 5.91 Å². The van der Waals surface area contributed by atoms with Crippen molar-refractivity contribution in [1.29, 1.82) is 0 Å². The second-order valence-electron chi connectivity index (χ2n) is 8.08. The van der Waals surface area contributed by atoms with Gasteiger partial charge in [-0.1, -0.05) is 11.3 Å². The Bertz CT molecular complexity index is 1580. The van der Waals surface area contributed by atoms with Crippen molar-refractivity contribution < 1.29 is 28.7 Å². The highest BCUT2D eigenvalue weighted by atomic mass is 32.1. The zero-order chi connectivity index (χ0) is 26.3. The largest absolute Gasteiger partial charge is 0.507 e. The van der Waals surface area contributed by atoms with E-state index in [9.17, 15) is 29.2 Å². The maximum Gasteiger partial charge on any atom is 0.301 e. The first-order valence-corrected chi connectivity index (χ1v) is 11.9. The third-order valence-corrected chi connectivity index (χ3v) is 6.86. The van der Waals surface area contributed by atoms with E-state index in [2.05, 4.69) is 4.98 Å². The van der Waals surface area contributed by atoms with Gasteiger partial charge in [-0.2, -0.15) is 0 Å². The number of ether oxygens (including phenoxy) is 1. The molecule has 1 fully saturated rings. The summed E-state index contributed by atoms with van der Waals surface area (Å²) in [5.41, 5.74) is 0.647. The van der Waals surface area contributed by atoms with Crippen molar-refractivity contribution in [3.63, 3.8) is 0 Å². The van der Waals surface area contributed by atoms with Gasteiger partial charge < -0.3 is 9.84 Å². The predicted octanol–water partition coefficient (Wildman–Crippen LogP) is 5.37. The summed E-state index contributed by atoms with van der Waals surface area (Å²) in [5.74, 6) is -2.29. The number of ketones is 1. The molecule has 1 aliphatic heterocycles. The summed E-state index contributed by atoms with van der Waals surface area (Å²) in [5, 5.41) is 22.5. The van der Waals surface area contributed by atoms with Crippen LogP contribution in [0.5, 0.6) is 5.75 Å². The Balaban J connectivity index is 1.69. The first kappa shape index (κ1) is 24.1. The van der Waals surface area contributed by atoms with Gasteiger partial charge in [-0.3, -0.25) is 24.6 Å². The molecule has 0 radical (unpaired) electrons. The van der Waals surface area contributed by atoms with E-state index in [0.29, 0.717) is 28.1 Å². The van der Waals surface area contributed by atoms with Crippen LogP contribution in [0, 0.1) is 15.9 Å². The van der Waals surface area contributed by atoms with E-state index >= 15 is 0 Å². The lowest BCUT2D eigenvalue weighted by molar-refractivity contribution is -0.384. The van der Waals surface area contributed by atoms with E-state index in [1.165, 1.54) is 41.3 Å². The van der Waals surface area contributed by atoms with Crippen molar-refractivity contribution in [2.24, 2.45) is 0 Å². The minimum absolute atomic E-state index is 0.136. The number of rotatable bonds is 6. The summed E-state index contributed by atoms with van der Waals surface area (Å²) in [6, 6.07) is 14.3. The van der Waals surface area contributed by atoms with Gasteiger partial charge in [0, 0.05) is 17.7 Å². The fourth-order valence-electron chi connectivity index (χ4n) is 4.14. The van der Waals surface area contributed by atoms with Crippen molar-refractivity contribution >= 4 is 49.8 Å². The number of nitro groups is 1. The van der Waals surface area contributed by atoms with Gasteiger partial charge in [0.2, 0.25) is 0 Å². The first-order valence-electron chi connectivity index (χ1n) is 11.1. The van der Waals surface area contributed by atoms with Gasteiger partial charge in [-0.25, -0.2) is 9.37 Å². The highest BCUT2D eigenvalue weighted by Gasteiger charge is 2.48. The van der Waals surface area contributed by atoms with Crippen LogP contribution in [0.1, 0.15) is 24.1 Å². The van der Waals surface area contributed by atoms with Crippen molar-refractivity contribution in [1.82, 2.24) is 4.98 Å². The number of carbonyl (C=O) groups excluding carboxylic acids is 2. The molecule has 1 aliphatic rings. The number of aliphatic hydroxyl groups excluding tert-OH is 1. The number of thiazole rings is 1. The molecule has 5 rings (SSSR count). The Kier molecular flexibility index (Phi) is 6.14. The molecule has 1 saturated heterocycles. The van der Waals surface area contributed by atoms with Gasteiger partial charge in [0.15, 0.2) is 5.13 Å². The predicted molar refractivity (Wildman–Crippen MR) is 135 cm³/mol. The van der Waals surface area contributed by atoms with Gasteiger partial charge in [0.25, 0.3) is 11.5 Å². The lowest BCUT2D eigenvalue weighted by atomic mass is 9.95. The number of amides is 1. The Hall–Kier alpha value is -4.64. The van der Waals surface area contributed by atoms with Crippen LogP contribution in [0.3, 0.4) is 0 Å². The molecule has 1 unspecified atom stereocenters. The van der Waals surface area contributed by atoms with E-state index in [-0.39, 0.29) is 22.0 Å². The number of nitrogens with zero attached hydrogens (tertiary/aromatic N) is 3. The van der Waals surface area contributed by atoms with Gasteiger partial charge in [-0.05, 0) is 67.1 Å². The number of aliphatic hydroxyl groups is 1. The van der Waals surface area contributed by atoms with E-state index in [1.807, 2.05) is 6.92 Å². The molecule has 1 N–H and O–H groups in total. The number of aromatic nitrogens is 1. The quantitative estimate of drug-likeness (QED) is 0.119. The van der Waals surface area contributed by atoms with Crippen LogP contribution >= 0.6 is 11.3 Å². The fourth-order valence-corrected chi connectivity index (χ4v) is 5.16. The average molecular weight is 520 g/mol. The number of Topliss-reactive ketones (excluding diaryl/α,β-unsaturated/α-hetero) is 1. The molecule has 3 aromatic carbocycles. The number of anilines is 1. The van der Waals surface area contributed by atoms with Crippen molar-refractivity contribution in [3.05, 3.63) is 99.4 Å². The molecule has 1 aromatic heterocycles. The fraction of sp³-hybridized carbons (Fsp3) is 0.115. The molecule has 1 atom stereocenters. The molecule has 0 aliphatic carbocycles. The molecule has 0 spiro atoms. The second kappa shape index (κ2) is 9.43. The number of carbonyl (C=O) groups is 2. The van der Waals surface area contributed by atoms with Crippen LogP contribution in [0.15, 0.2) is 72.3 Å². The van der Waals surface area contributed by atoms with E-state index in [4.69, 9.17) is 4.74 Å². The average Bonchev–Trinajstić information content (AvgIpc) is 3.42. The molecular formula is C26H18FN3O6S. The molecule has 11 heteroatoms. The van der Waals surface area contributed by atoms with Crippen LogP contribution in [0.4, 0.5) is 15.2 Å². The van der Waals surface area contributed by atoms with E-state index in [1.54, 1.807) is 18.2 Å². The Morgan fingerprint density at radius 3 is 2.49 bits per heavy atom. The van der Waals surface area contributed by atoms with Crippen molar-refractivity contribution in [2.75, 3.05) is 11.5 Å². The Morgan fingerprint density at radius 1 is 1.14 bits per heavy atom. The molecular weight excluding hydrogens is 501 g/mol. The number of hydrogen-bond donors (Lipinski definition) is 1. The zero-order valence-electron chi connectivity index (χ0n) is 19.3. The lowest BCUT2D eigenvalue weighted by Crippen LogP contribution is -2.29. The van der Waals surface area contributed by atoms with Gasteiger partial charge in [-0.15, -0.1) is 0 Å². The van der Waals surface area contributed by atoms with Crippen LogP contribution in [-0.4, -0.2) is 33.3 Å². The summed E-state index contributed by atoms with van der Waals surface area (Å²) in [4.78, 5) is 42.9. The summed E-state index contributed by atoms with van der Waals surface area (Å²) < 4.78 is 19.7. The number of hydrogen-bond acceptors (Lipinski definition) is 8. The van der Waals surface area contributed by atoms with Crippen LogP contribution < -0.4 is 9.64 Å². The molecule has 37 heavy (non-hydrogen) atoms. The van der Waals surface area contributed by atoms with Gasteiger partial charge in [0.05, 0.1) is 33.4 Å². The second-order valence-corrected chi connectivity index (χ2v) is 9.09. The third kappa shape index (κ3) is 4.29. The molecule has 9 nitrogen and oxygen atoms in total. The molecule has 4 aromatic rings. The number of fused-ring (bicyclic) bond motifs is 1. The highest BCUT2D eigenvalue weighted by Crippen LogP contribution is 2.44. The SMILES string of the molecule is CCOc1ccc2nc(N3C(=O)C(=O)/C(=C(/O)c4ccc(F)cc4)C3c3ccc([N+](=O)[O-])cc3)sc2c1. The minimum Gasteiger partial charge on any atom is -0.507 e. The number of halogens is 1. The van der Waals surface area contributed by atoms with E-state index in [0.717, 1.165) is 23.5 Å². The van der Waals surface area contributed by atoms with Crippen molar-refractivity contribution in [2.45, 2.75) is 13.0 Å². The zero-order valence-corrected chi connectivity index (χ0v) is 20.1. The summed E-state index contributed by atoms with van der Waals surface area (Å²) in [6.45, 7) is 2.32. The summed E-state index contributed by atoms with van der Waals surface area (Å²) in [6.07, 6.45) is 0. The normalized spacial score (nSPS) is 16.9. The van der Waals surface area contributed by atoms with Crippen LogP contribution in [-0.2, 0) is 9.59 Å². The van der Waals surface area contributed by atoms with Crippen molar-refractivity contribution in [3.8, 4) is 5.75 Å². The minimum atomic E-state index is -1.13. The van der Waals surface area contributed by atoms with Gasteiger partial charge in [0.1, 0.15) is 17.3 Å². The Labute approximate surface area is 213 Å².